The maximum absolute atomic E-state index is 13.1. The summed E-state index contributed by atoms with van der Waals surface area (Å²) in [5.74, 6) is 0.431. The van der Waals surface area contributed by atoms with Crippen LogP contribution in [0.3, 0.4) is 0 Å². The first-order chi connectivity index (χ1) is 12.5. The number of unbranched alkanes of at least 4 members (excludes halogenated alkanes) is 1. The summed E-state index contributed by atoms with van der Waals surface area (Å²) in [4.78, 5) is 16.1. The summed E-state index contributed by atoms with van der Waals surface area (Å²) in [5.41, 5.74) is 0.541. The van der Waals surface area contributed by atoms with Crippen LogP contribution in [0.25, 0.3) is 0 Å². The number of rotatable bonds is 9. The van der Waals surface area contributed by atoms with E-state index >= 15 is 0 Å². The number of pyridine rings is 1. The quantitative estimate of drug-likeness (QED) is 0.727. The van der Waals surface area contributed by atoms with Crippen LogP contribution < -0.4 is 10.1 Å². The van der Waals surface area contributed by atoms with E-state index in [1.165, 1.54) is 25.4 Å². The zero-order chi connectivity index (χ0) is 19.0. The summed E-state index contributed by atoms with van der Waals surface area (Å²) in [7, 11) is -2.18. The lowest BCUT2D eigenvalue weighted by molar-refractivity contribution is -0.121. The molecule has 1 aromatic heterocycles. The van der Waals surface area contributed by atoms with Gasteiger partial charge in [-0.25, -0.2) is 8.42 Å². The van der Waals surface area contributed by atoms with Gasteiger partial charge in [-0.15, -0.1) is 0 Å². The van der Waals surface area contributed by atoms with Gasteiger partial charge in [0, 0.05) is 25.4 Å². The Morgan fingerprint density at radius 3 is 2.54 bits per heavy atom. The Kier molecular flexibility index (Phi) is 7.15. The first kappa shape index (κ1) is 19.9. The Labute approximate surface area is 154 Å². The zero-order valence-electron chi connectivity index (χ0n) is 15.0. The Morgan fingerprint density at radius 1 is 1.23 bits per heavy atom. The van der Waals surface area contributed by atoms with E-state index in [2.05, 4.69) is 10.3 Å². The zero-order valence-corrected chi connectivity index (χ0v) is 15.8. The molecule has 6 nitrogen and oxygen atoms in total. The van der Waals surface area contributed by atoms with Crippen LogP contribution in [0, 0.1) is 0 Å². The third-order valence-electron chi connectivity index (χ3n) is 4.06. The number of sulfone groups is 1. The van der Waals surface area contributed by atoms with Gasteiger partial charge in [0.15, 0.2) is 9.84 Å². The van der Waals surface area contributed by atoms with Gasteiger partial charge >= 0.3 is 0 Å². The van der Waals surface area contributed by atoms with Gasteiger partial charge in [-0.1, -0.05) is 19.4 Å². The molecule has 0 fully saturated rings. The lowest BCUT2D eigenvalue weighted by Crippen LogP contribution is -2.31. The minimum absolute atomic E-state index is 0.00258. The smallest absolute Gasteiger partial charge is 0.220 e. The number of nitrogens with one attached hydrogen (secondary N) is 1. The molecular weight excluding hydrogens is 352 g/mol. The minimum atomic E-state index is -3.71. The number of aromatic nitrogens is 1. The van der Waals surface area contributed by atoms with Crippen molar-refractivity contribution < 1.29 is 17.9 Å². The molecular formula is C19H24N2O4S. The van der Waals surface area contributed by atoms with Crippen molar-refractivity contribution in [2.24, 2.45) is 0 Å². The Balaban J connectivity index is 2.28. The molecule has 1 amide bonds. The van der Waals surface area contributed by atoms with Crippen LogP contribution in [0.4, 0.5) is 0 Å². The first-order valence-corrected chi connectivity index (χ1v) is 10.1. The average molecular weight is 376 g/mol. The lowest BCUT2D eigenvalue weighted by Gasteiger charge is -2.19. The van der Waals surface area contributed by atoms with Gasteiger partial charge < -0.3 is 10.1 Å². The highest BCUT2D eigenvalue weighted by Crippen LogP contribution is 2.29. The summed E-state index contributed by atoms with van der Waals surface area (Å²) in [6.45, 7) is 2.00. The van der Waals surface area contributed by atoms with Crippen molar-refractivity contribution in [1.29, 1.82) is 0 Å². The van der Waals surface area contributed by atoms with E-state index in [0.717, 1.165) is 12.8 Å². The maximum Gasteiger partial charge on any atom is 0.220 e. The standard InChI is InChI=1S/C19H24N2O4S/c1-3-4-7-19(22)21-14-18(15-6-5-12-20-13-15)26(23,24)17-10-8-16(25-2)9-11-17/h5-6,8-13,18H,3-4,7,14H2,1-2H3,(H,21,22)/t18-/m1/s1. The Bertz CT molecular complexity index is 805. The van der Waals surface area contributed by atoms with Crippen molar-refractivity contribution in [3.05, 3.63) is 54.4 Å². The molecule has 0 saturated heterocycles. The van der Waals surface area contributed by atoms with Crippen molar-refractivity contribution in [2.75, 3.05) is 13.7 Å². The summed E-state index contributed by atoms with van der Waals surface area (Å²) in [6.07, 6.45) is 5.17. The normalized spacial score (nSPS) is 12.4. The number of amides is 1. The van der Waals surface area contributed by atoms with E-state index in [-0.39, 0.29) is 17.3 Å². The Morgan fingerprint density at radius 2 is 1.96 bits per heavy atom. The Hall–Kier alpha value is -2.41. The van der Waals surface area contributed by atoms with E-state index in [4.69, 9.17) is 4.74 Å². The van der Waals surface area contributed by atoms with E-state index in [9.17, 15) is 13.2 Å². The second-order valence-corrected chi connectivity index (χ2v) is 8.03. The van der Waals surface area contributed by atoms with E-state index in [1.807, 2.05) is 6.92 Å². The number of hydrogen-bond acceptors (Lipinski definition) is 5. The number of ether oxygens (including phenoxy) is 1. The van der Waals surface area contributed by atoms with Gasteiger partial charge in [-0.3, -0.25) is 9.78 Å². The molecule has 7 heteroatoms. The molecule has 1 aromatic carbocycles. The lowest BCUT2D eigenvalue weighted by atomic mass is 10.2. The molecule has 0 saturated carbocycles. The highest BCUT2D eigenvalue weighted by Gasteiger charge is 2.29. The molecule has 140 valence electrons. The minimum Gasteiger partial charge on any atom is -0.497 e. The first-order valence-electron chi connectivity index (χ1n) is 8.53. The van der Waals surface area contributed by atoms with Crippen LogP contribution in [-0.4, -0.2) is 33.0 Å². The molecule has 0 bridgehead atoms. The van der Waals surface area contributed by atoms with E-state index in [1.54, 1.807) is 30.5 Å². The largest absolute Gasteiger partial charge is 0.497 e. The molecule has 1 atom stereocenters. The van der Waals surface area contributed by atoms with Crippen LogP contribution in [0.2, 0.25) is 0 Å². The van der Waals surface area contributed by atoms with Gasteiger partial charge in [-0.2, -0.15) is 0 Å². The molecule has 0 radical (unpaired) electrons. The number of carbonyl (C=O) groups excluding carboxylic acids is 1. The summed E-state index contributed by atoms with van der Waals surface area (Å²) < 4.78 is 31.4. The molecule has 0 unspecified atom stereocenters. The van der Waals surface area contributed by atoms with E-state index in [0.29, 0.717) is 17.7 Å². The molecule has 0 aliphatic heterocycles. The fourth-order valence-corrected chi connectivity index (χ4v) is 4.18. The molecule has 0 aliphatic carbocycles. The van der Waals surface area contributed by atoms with E-state index < -0.39 is 15.1 Å². The third-order valence-corrected chi connectivity index (χ3v) is 6.18. The predicted molar refractivity (Wildman–Crippen MR) is 99.7 cm³/mol. The van der Waals surface area contributed by atoms with Gasteiger partial charge in [0.1, 0.15) is 11.0 Å². The molecule has 1 N–H and O–H groups in total. The highest BCUT2D eigenvalue weighted by atomic mass is 32.2. The molecule has 2 rings (SSSR count). The molecule has 2 aromatic rings. The fourth-order valence-electron chi connectivity index (χ4n) is 2.54. The van der Waals surface area contributed by atoms with Crippen molar-refractivity contribution in [1.82, 2.24) is 10.3 Å². The second kappa shape index (κ2) is 9.33. The molecule has 0 spiro atoms. The SMILES string of the molecule is CCCCC(=O)NC[C@H](c1cccnc1)S(=O)(=O)c1ccc(OC)cc1. The monoisotopic (exact) mass is 376 g/mol. The average Bonchev–Trinajstić information content (AvgIpc) is 2.67. The topological polar surface area (TPSA) is 85.4 Å². The van der Waals surface area contributed by atoms with Gasteiger partial charge in [0.25, 0.3) is 0 Å². The van der Waals surface area contributed by atoms with Crippen LogP contribution in [0.1, 0.15) is 37.0 Å². The van der Waals surface area contributed by atoms with Gasteiger partial charge in [0.05, 0.1) is 12.0 Å². The number of methoxy groups -OCH3 is 1. The van der Waals surface area contributed by atoms with Crippen molar-refractivity contribution in [2.45, 2.75) is 36.3 Å². The highest BCUT2D eigenvalue weighted by molar-refractivity contribution is 7.91. The van der Waals surface area contributed by atoms with Crippen LogP contribution in [-0.2, 0) is 14.6 Å². The summed E-state index contributed by atoms with van der Waals surface area (Å²) in [5, 5.41) is 1.84. The van der Waals surface area contributed by atoms with Gasteiger partial charge in [0.2, 0.25) is 5.91 Å². The van der Waals surface area contributed by atoms with Crippen LogP contribution in [0.15, 0.2) is 53.7 Å². The van der Waals surface area contributed by atoms with Gasteiger partial charge in [-0.05, 0) is 42.3 Å². The number of benzene rings is 1. The number of hydrogen-bond donors (Lipinski definition) is 1. The molecule has 26 heavy (non-hydrogen) atoms. The number of carbonyl (C=O) groups is 1. The maximum atomic E-state index is 13.1. The van der Waals surface area contributed by atoms with Crippen molar-refractivity contribution in [3.63, 3.8) is 0 Å². The third kappa shape index (κ3) is 5.05. The predicted octanol–water partition coefficient (Wildman–Crippen LogP) is 2.91. The molecule has 0 aliphatic rings. The van der Waals surface area contributed by atoms with Crippen molar-refractivity contribution >= 4 is 15.7 Å². The summed E-state index contributed by atoms with van der Waals surface area (Å²) in [6, 6.07) is 9.62. The molecule has 1 heterocycles. The van der Waals surface area contributed by atoms with Crippen molar-refractivity contribution in [3.8, 4) is 5.75 Å². The van der Waals surface area contributed by atoms with Crippen LogP contribution >= 0.6 is 0 Å². The van der Waals surface area contributed by atoms with Crippen LogP contribution in [0.5, 0.6) is 5.75 Å². The second-order valence-electron chi connectivity index (χ2n) is 5.90. The number of nitrogens with zero attached hydrogens (tertiary/aromatic N) is 1. The summed E-state index contributed by atoms with van der Waals surface area (Å²) >= 11 is 0. The fraction of sp³-hybridized carbons (Fsp3) is 0.368.